The maximum Gasteiger partial charge on any atom is 0.494 e. The van der Waals surface area contributed by atoms with Gasteiger partial charge < -0.3 is 13.7 Å². The summed E-state index contributed by atoms with van der Waals surface area (Å²) in [5.41, 5.74) is 2.60. The molecule has 4 nitrogen and oxygen atoms in total. The lowest BCUT2D eigenvalue weighted by Crippen LogP contribution is -2.31. The van der Waals surface area contributed by atoms with E-state index in [0.29, 0.717) is 13.2 Å². The minimum atomic E-state index is -0.246. The summed E-state index contributed by atoms with van der Waals surface area (Å²) in [5.74, 6) is 0. The van der Waals surface area contributed by atoms with Crippen LogP contribution in [0.1, 0.15) is 0 Å². The second-order valence-electron chi connectivity index (χ2n) is 3.15. The van der Waals surface area contributed by atoms with Gasteiger partial charge in [-0.2, -0.15) is 0 Å². The molecule has 0 spiro atoms. The lowest BCUT2D eigenvalue weighted by atomic mass is 9.79. The van der Waals surface area contributed by atoms with Gasteiger partial charge in [0.2, 0.25) is 0 Å². The van der Waals surface area contributed by atoms with Gasteiger partial charge in [0.25, 0.3) is 0 Å². The highest BCUT2D eigenvalue weighted by Gasteiger charge is 2.26. The summed E-state index contributed by atoms with van der Waals surface area (Å²) in [6.45, 7) is 1.30. The molecule has 0 saturated carbocycles. The molecule has 0 N–H and O–H groups in total. The molecule has 0 aliphatic carbocycles. The predicted octanol–water partition coefficient (Wildman–Crippen LogP) is 0.570. The summed E-state index contributed by atoms with van der Waals surface area (Å²) < 4.78 is 16.0. The van der Waals surface area contributed by atoms with Gasteiger partial charge >= 0.3 is 7.12 Å². The van der Waals surface area contributed by atoms with Crippen LogP contribution in [0.2, 0.25) is 0 Å². The molecule has 70 valence electrons. The van der Waals surface area contributed by atoms with Crippen LogP contribution in [0, 0.1) is 0 Å². The smallest absolute Gasteiger partial charge is 0.443 e. The third-order valence-corrected chi connectivity index (χ3v) is 2.25. The Morgan fingerprint density at radius 2 is 2.07 bits per heavy atom. The Kier molecular flexibility index (Phi) is 1.78. The Morgan fingerprint density at radius 3 is 2.93 bits per heavy atom. The van der Waals surface area contributed by atoms with Crippen molar-refractivity contribution >= 4 is 23.7 Å². The maximum atomic E-state index is 5.38. The topological polar surface area (TPSA) is 44.5 Å². The van der Waals surface area contributed by atoms with Crippen LogP contribution in [-0.2, 0) is 9.31 Å². The fraction of sp³-hybridized carbons (Fsp3) is 0.222. The van der Waals surface area contributed by atoms with E-state index in [4.69, 9.17) is 13.7 Å². The van der Waals surface area contributed by atoms with E-state index in [2.05, 4.69) is 4.98 Å². The largest absolute Gasteiger partial charge is 0.494 e. The van der Waals surface area contributed by atoms with Crippen LogP contribution < -0.4 is 5.46 Å². The minimum Gasteiger partial charge on any atom is -0.443 e. The van der Waals surface area contributed by atoms with Crippen molar-refractivity contribution in [3.05, 3.63) is 24.6 Å². The fourth-order valence-corrected chi connectivity index (χ4v) is 1.57. The van der Waals surface area contributed by atoms with Crippen molar-refractivity contribution in [1.82, 2.24) is 4.98 Å². The average molecular weight is 189 g/mol. The highest BCUT2D eigenvalue weighted by molar-refractivity contribution is 6.61. The van der Waals surface area contributed by atoms with Crippen molar-refractivity contribution in [2.24, 2.45) is 0 Å². The fourth-order valence-electron chi connectivity index (χ4n) is 1.57. The Morgan fingerprint density at radius 1 is 1.21 bits per heavy atom. The lowest BCUT2D eigenvalue weighted by Gasteiger charge is -2.02. The zero-order chi connectivity index (χ0) is 9.38. The van der Waals surface area contributed by atoms with Crippen LogP contribution >= 0.6 is 0 Å². The minimum absolute atomic E-state index is 0.246. The SMILES string of the molecule is c1nc2ccc(B3OCCO3)cc2o1. The van der Waals surface area contributed by atoms with Crippen molar-refractivity contribution in [1.29, 1.82) is 0 Å². The van der Waals surface area contributed by atoms with Gasteiger partial charge in [-0.3, -0.25) is 0 Å². The quantitative estimate of drug-likeness (QED) is 0.615. The van der Waals surface area contributed by atoms with E-state index in [-0.39, 0.29) is 7.12 Å². The van der Waals surface area contributed by atoms with Gasteiger partial charge in [0.15, 0.2) is 12.0 Å². The Hall–Kier alpha value is -1.33. The number of nitrogens with zero attached hydrogens (tertiary/aromatic N) is 1. The highest BCUT2D eigenvalue weighted by Crippen LogP contribution is 2.11. The molecule has 14 heavy (non-hydrogen) atoms. The Balaban J connectivity index is 2.04. The van der Waals surface area contributed by atoms with Crippen molar-refractivity contribution < 1.29 is 13.7 Å². The second kappa shape index (κ2) is 3.11. The molecule has 3 rings (SSSR count). The number of benzene rings is 1. The van der Waals surface area contributed by atoms with Gasteiger partial charge in [0.1, 0.15) is 5.52 Å². The maximum absolute atomic E-state index is 5.38. The van der Waals surface area contributed by atoms with Crippen LogP contribution in [0.3, 0.4) is 0 Å². The third-order valence-electron chi connectivity index (χ3n) is 2.25. The number of hydrogen-bond acceptors (Lipinski definition) is 4. The van der Waals surface area contributed by atoms with E-state index in [1.54, 1.807) is 0 Å². The molecule has 1 aliphatic rings. The molecule has 0 amide bonds. The Bertz CT molecular complexity index is 450. The first-order valence-corrected chi connectivity index (χ1v) is 4.50. The lowest BCUT2D eigenvalue weighted by molar-refractivity contribution is 0.365. The van der Waals surface area contributed by atoms with Crippen LogP contribution in [0.4, 0.5) is 0 Å². The number of fused-ring (bicyclic) bond motifs is 1. The van der Waals surface area contributed by atoms with Gasteiger partial charge in [0, 0.05) is 0 Å². The first-order chi connectivity index (χ1) is 6.93. The summed E-state index contributed by atoms with van der Waals surface area (Å²) in [4.78, 5) is 4.04. The van der Waals surface area contributed by atoms with Crippen LogP contribution in [-0.4, -0.2) is 25.3 Å². The molecule has 1 saturated heterocycles. The van der Waals surface area contributed by atoms with E-state index in [9.17, 15) is 0 Å². The molecule has 1 aromatic heterocycles. The number of rotatable bonds is 1. The first-order valence-electron chi connectivity index (χ1n) is 4.50. The first kappa shape index (κ1) is 8.02. The van der Waals surface area contributed by atoms with E-state index >= 15 is 0 Å². The molecular formula is C9H8BNO3. The summed E-state index contributed by atoms with van der Waals surface area (Å²) >= 11 is 0. The molecule has 2 aromatic rings. The van der Waals surface area contributed by atoms with Crippen molar-refractivity contribution in [2.45, 2.75) is 0 Å². The molecule has 2 heterocycles. The molecular weight excluding hydrogens is 181 g/mol. The molecule has 0 unspecified atom stereocenters. The van der Waals surface area contributed by atoms with Gasteiger partial charge in [-0.15, -0.1) is 0 Å². The molecule has 0 atom stereocenters. The summed E-state index contributed by atoms with van der Waals surface area (Å²) in [7, 11) is -0.246. The second-order valence-corrected chi connectivity index (χ2v) is 3.15. The Labute approximate surface area is 81.0 Å². The van der Waals surface area contributed by atoms with Gasteiger partial charge in [-0.25, -0.2) is 4.98 Å². The zero-order valence-corrected chi connectivity index (χ0v) is 7.47. The summed E-state index contributed by atoms with van der Waals surface area (Å²) in [6, 6.07) is 5.75. The third kappa shape index (κ3) is 1.22. The highest BCUT2D eigenvalue weighted by atomic mass is 16.6. The monoisotopic (exact) mass is 189 g/mol. The van der Waals surface area contributed by atoms with E-state index < -0.39 is 0 Å². The number of hydrogen-bond donors (Lipinski definition) is 0. The summed E-state index contributed by atoms with van der Waals surface area (Å²) in [5, 5.41) is 0. The van der Waals surface area contributed by atoms with Crippen molar-refractivity contribution in [2.75, 3.05) is 13.2 Å². The van der Waals surface area contributed by atoms with Crippen molar-refractivity contribution in [3.63, 3.8) is 0 Å². The average Bonchev–Trinajstić information content (AvgIpc) is 2.88. The van der Waals surface area contributed by atoms with Gasteiger partial charge in [-0.1, -0.05) is 6.07 Å². The zero-order valence-electron chi connectivity index (χ0n) is 7.47. The van der Waals surface area contributed by atoms with E-state index in [0.717, 1.165) is 16.6 Å². The van der Waals surface area contributed by atoms with E-state index in [1.807, 2.05) is 18.2 Å². The van der Waals surface area contributed by atoms with Crippen LogP contribution in [0.15, 0.2) is 29.0 Å². The number of aromatic nitrogens is 1. The molecule has 0 radical (unpaired) electrons. The van der Waals surface area contributed by atoms with Crippen LogP contribution in [0.25, 0.3) is 11.1 Å². The summed E-state index contributed by atoms with van der Waals surface area (Å²) in [6.07, 6.45) is 1.44. The molecule has 1 aliphatic heterocycles. The van der Waals surface area contributed by atoms with Crippen molar-refractivity contribution in [3.8, 4) is 0 Å². The van der Waals surface area contributed by atoms with E-state index in [1.165, 1.54) is 6.39 Å². The van der Waals surface area contributed by atoms with Gasteiger partial charge in [0.05, 0.1) is 13.2 Å². The van der Waals surface area contributed by atoms with Gasteiger partial charge in [-0.05, 0) is 17.6 Å². The standard InChI is InChI=1S/C9H8BNO3/c1-2-8-9(12-6-11-8)5-7(1)10-13-3-4-14-10/h1-2,5-6H,3-4H2. The normalized spacial score (nSPS) is 16.7. The number of oxazole rings is 1. The molecule has 0 bridgehead atoms. The molecule has 1 fully saturated rings. The predicted molar refractivity (Wildman–Crippen MR) is 51.3 cm³/mol. The molecule has 5 heteroatoms. The molecule has 1 aromatic carbocycles. The van der Waals surface area contributed by atoms with Crippen LogP contribution in [0.5, 0.6) is 0 Å².